The van der Waals surface area contributed by atoms with Gasteiger partial charge in [-0.05, 0) is 59.8 Å². The number of pyridine rings is 1. The van der Waals surface area contributed by atoms with E-state index in [9.17, 15) is 22.8 Å². The molecule has 2 aromatic carbocycles. The van der Waals surface area contributed by atoms with Crippen molar-refractivity contribution in [2.75, 3.05) is 17.3 Å². The third-order valence-corrected chi connectivity index (χ3v) is 6.10. The molecule has 166 valence electrons. The van der Waals surface area contributed by atoms with Crippen LogP contribution in [0.15, 0.2) is 59.6 Å². The Bertz CT molecular complexity index is 1180. The van der Waals surface area contributed by atoms with Crippen molar-refractivity contribution in [3.8, 4) is 0 Å². The molecule has 6 nitrogen and oxygen atoms in total. The molecule has 32 heavy (non-hydrogen) atoms. The second-order valence-corrected chi connectivity index (χ2v) is 8.42. The molecule has 2 unspecified atom stereocenters. The number of amides is 3. The van der Waals surface area contributed by atoms with Crippen LogP contribution >= 0.6 is 11.8 Å². The highest BCUT2D eigenvalue weighted by Gasteiger charge is 2.42. The topological polar surface area (TPSA) is 74.3 Å². The predicted octanol–water partition coefficient (Wildman–Crippen LogP) is 5.12. The number of carbonyl (C=O) groups excluding carboxylic acids is 2. The van der Waals surface area contributed by atoms with E-state index >= 15 is 0 Å². The van der Waals surface area contributed by atoms with Crippen LogP contribution in [0.2, 0.25) is 0 Å². The fourth-order valence-corrected chi connectivity index (χ4v) is 4.42. The van der Waals surface area contributed by atoms with Crippen LogP contribution in [0.3, 0.4) is 0 Å². The molecule has 0 aliphatic carbocycles. The molecule has 1 fully saturated rings. The molecular weight excluding hydrogens is 441 g/mol. The average Bonchev–Trinajstić information content (AvgIpc) is 3.05. The molecular formula is C22H19F3N4O2S. The van der Waals surface area contributed by atoms with Crippen LogP contribution < -0.4 is 15.5 Å². The van der Waals surface area contributed by atoms with Gasteiger partial charge in [0.2, 0.25) is 0 Å². The van der Waals surface area contributed by atoms with E-state index in [1.807, 2.05) is 31.2 Å². The number of carbonyl (C=O) groups is 2. The van der Waals surface area contributed by atoms with Gasteiger partial charge in [0.25, 0.3) is 5.91 Å². The Morgan fingerprint density at radius 1 is 1.12 bits per heavy atom. The van der Waals surface area contributed by atoms with Gasteiger partial charge in [-0.25, -0.2) is 9.69 Å². The summed E-state index contributed by atoms with van der Waals surface area (Å²) >= 11 is -0.255. The number of halogens is 3. The molecule has 2 heterocycles. The van der Waals surface area contributed by atoms with Crippen molar-refractivity contribution in [2.24, 2.45) is 0 Å². The van der Waals surface area contributed by atoms with E-state index in [1.165, 1.54) is 24.3 Å². The zero-order valence-corrected chi connectivity index (χ0v) is 17.9. The van der Waals surface area contributed by atoms with Crippen molar-refractivity contribution >= 4 is 46.0 Å². The minimum atomic E-state index is -4.41. The van der Waals surface area contributed by atoms with E-state index in [4.69, 9.17) is 0 Å². The van der Waals surface area contributed by atoms with E-state index in [-0.39, 0.29) is 28.3 Å². The third-order valence-electron chi connectivity index (χ3n) is 5.36. The number of alkyl halides is 3. The highest BCUT2D eigenvalue weighted by atomic mass is 32.2. The number of hydrogen-bond acceptors (Lipinski definition) is 5. The highest BCUT2D eigenvalue weighted by Crippen LogP contribution is 2.38. The lowest BCUT2D eigenvalue weighted by Crippen LogP contribution is -2.35. The van der Waals surface area contributed by atoms with E-state index in [0.717, 1.165) is 27.1 Å². The minimum absolute atomic E-state index is 0.0268. The van der Waals surface area contributed by atoms with Gasteiger partial charge in [-0.15, -0.1) is 0 Å². The standard InChI is InChI=1S/C22H19F3N4O2S/c1-12(15-10-11-27-17-5-3-4-16(26-2)18(15)17)19-20(30)29(21(31)28-19)13-6-8-14(9-7-13)32-22(23,24)25/h3-12,19,26H,1-2H3,(H,28,31). The van der Waals surface area contributed by atoms with Gasteiger partial charge < -0.3 is 10.6 Å². The number of hydrogen-bond donors (Lipinski definition) is 2. The van der Waals surface area contributed by atoms with Gasteiger partial charge in [0.15, 0.2) is 0 Å². The summed E-state index contributed by atoms with van der Waals surface area (Å²) < 4.78 is 37.7. The smallest absolute Gasteiger partial charge is 0.388 e. The molecule has 0 saturated carbocycles. The lowest BCUT2D eigenvalue weighted by Gasteiger charge is -2.21. The van der Waals surface area contributed by atoms with Gasteiger partial charge in [-0.2, -0.15) is 13.2 Å². The summed E-state index contributed by atoms with van der Waals surface area (Å²) in [6.45, 7) is 1.84. The maximum absolute atomic E-state index is 13.2. The van der Waals surface area contributed by atoms with Crippen LogP contribution in [0.5, 0.6) is 0 Å². The van der Waals surface area contributed by atoms with E-state index in [0.29, 0.717) is 0 Å². The predicted molar refractivity (Wildman–Crippen MR) is 118 cm³/mol. The van der Waals surface area contributed by atoms with Crippen LogP contribution in [-0.2, 0) is 4.79 Å². The van der Waals surface area contributed by atoms with Crippen molar-refractivity contribution < 1.29 is 22.8 Å². The zero-order valence-electron chi connectivity index (χ0n) is 17.1. The summed E-state index contributed by atoms with van der Waals surface area (Å²) in [5, 5.41) is 6.70. The van der Waals surface area contributed by atoms with Gasteiger partial charge >= 0.3 is 11.5 Å². The first-order valence-electron chi connectivity index (χ1n) is 9.75. The summed E-state index contributed by atoms with van der Waals surface area (Å²) in [4.78, 5) is 31.1. The molecule has 0 bridgehead atoms. The average molecular weight is 460 g/mol. The Balaban J connectivity index is 1.63. The van der Waals surface area contributed by atoms with E-state index in [1.54, 1.807) is 13.2 Å². The monoisotopic (exact) mass is 460 g/mol. The second kappa shape index (κ2) is 8.34. The summed E-state index contributed by atoms with van der Waals surface area (Å²) in [6.07, 6.45) is 1.66. The van der Waals surface area contributed by atoms with Gasteiger partial charge in [-0.1, -0.05) is 13.0 Å². The molecule has 2 N–H and O–H groups in total. The first-order valence-corrected chi connectivity index (χ1v) is 10.6. The second-order valence-electron chi connectivity index (χ2n) is 7.28. The van der Waals surface area contributed by atoms with Crippen LogP contribution in [0.4, 0.5) is 29.3 Å². The fraction of sp³-hybridized carbons (Fsp3) is 0.227. The fourth-order valence-electron chi connectivity index (χ4n) is 3.88. The quantitative estimate of drug-likeness (QED) is 0.409. The first kappa shape index (κ1) is 21.9. The Morgan fingerprint density at radius 2 is 1.84 bits per heavy atom. The van der Waals surface area contributed by atoms with Gasteiger partial charge in [0.05, 0.1) is 11.2 Å². The van der Waals surface area contributed by atoms with E-state index < -0.39 is 23.5 Å². The Morgan fingerprint density at radius 3 is 2.50 bits per heavy atom. The highest BCUT2D eigenvalue weighted by molar-refractivity contribution is 8.00. The third kappa shape index (κ3) is 4.10. The molecule has 3 amide bonds. The van der Waals surface area contributed by atoms with Crippen molar-refractivity contribution in [3.63, 3.8) is 0 Å². The molecule has 1 aliphatic heterocycles. The molecule has 4 rings (SSSR count). The minimum Gasteiger partial charge on any atom is -0.388 e. The lowest BCUT2D eigenvalue weighted by molar-refractivity contribution is -0.118. The van der Waals surface area contributed by atoms with Crippen molar-refractivity contribution in [3.05, 3.63) is 60.3 Å². The number of nitrogens with one attached hydrogen (secondary N) is 2. The summed E-state index contributed by atoms with van der Waals surface area (Å²) in [7, 11) is 1.79. The maximum atomic E-state index is 13.2. The van der Waals surface area contributed by atoms with E-state index in [2.05, 4.69) is 15.6 Å². The molecule has 1 aromatic heterocycles. The van der Waals surface area contributed by atoms with Gasteiger partial charge in [0, 0.05) is 35.1 Å². The normalized spacial score (nSPS) is 17.5. The summed E-state index contributed by atoms with van der Waals surface area (Å²) in [5.74, 6) is -0.845. The largest absolute Gasteiger partial charge is 0.446 e. The molecule has 0 radical (unpaired) electrons. The van der Waals surface area contributed by atoms with Crippen LogP contribution in [0.1, 0.15) is 18.4 Å². The molecule has 10 heteroatoms. The number of aromatic nitrogens is 1. The Hall–Kier alpha value is -3.27. The van der Waals surface area contributed by atoms with Gasteiger partial charge in [-0.3, -0.25) is 9.78 Å². The maximum Gasteiger partial charge on any atom is 0.446 e. The number of nitrogens with zero attached hydrogens (tertiary/aromatic N) is 2. The van der Waals surface area contributed by atoms with Crippen molar-refractivity contribution in [2.45, 2.75) is 29.3 Å². The molecule has 1 aliphatic rings. The van der Waals surface area contributed by atoms with Crippen molar-refractivity contribution in [1.29, 1.82) is 0 Å². The number of rotatable bonds is 5. The zero-order chi connectivity index (χ0) is 23.0. The number of fused-ring (bicyclic) bond motifs is 1. The number of urea groups is 1. The van der Waals surface area contributed by atoms with Crippen molar-refractivity contribution in [1.82, 2.24) is 10.3 Å². The summed E-state index contributed by atoms with van der Waals surface area (Å²) in [5.41, 5.74) is -1.75. The Labute approximate surface area is 186 Å². The number of imide groups is 1. The molecule has 1 saturated heterocycles. The Kier molecular flexibility index (Phi) is 5.72. The van der Waals surface area contributed by atoms with Crippen LogP contribution in [0, 0.1) is 0 Å². The molecule has 3 aromatic rings. The number of benzene rings is 2. The summed E-state index contributed by atoms with van der Waals surface area (Å²) in [6, 6.07) is 11.2. The molecule has 0 spiro atoms. The molecule has 2 atom stereocenters. The number of thioether (sulfide) groups is 1. The first-order chi connectivity index (χ1) is 15.2. The van der Waals surface area contributed by atoms with Gasteiger partial charge in [0.1, 0.15) is 6.04 Å². The number of anilines is 2. The SMILES string of the molecule is CNc1cccc2nccc(C(C)C3NC(=O)N(c4ccc(SC(F)(F)F)cc4)C3=O)c12. The van der Waals surface area contributed by atoms with Crippen LogP contribution in [0.25, 0.3) is 10.9 Å². The lowest BCUT2D eigenvalue weighted by atomic mass is 9.90. The van der Waals surface area contributed by atoms with Crippen LogP contribution in [-0.4, -0.2) is 35.5 Å².